The van der Waals surface area contributed by atoms with Crippen molar-refractivity contribution in [1.29, 1.82) is 0 Å². The Morgan fingerprint density at radius 2 is 2.22 bits per heavy atom. The second-order valence-electron chi connectivity index (χ2n) is 8.74. The number of hydrogen-bond acceptors (Lipinski definition) is 7. The van der Waals surface area contributed by atoms with E-state index in [1.165, 1.54) is 27.8 Å². The third-order valence-corrected chi connectivity index (χ3v) is 7.46. The minimum absolute atomic E-state index is 0.00508. The highest BCUT2D eigenvalue weighted by molar-refractivity contribution is 7.89. The van der Waals surface area contributed by atoms with Gasteiger partial charge in [-0.1, -0.05) is 20.2 Å². The van der Waals surface area contributed by atoms with Crippen LogP contribution in [0.3, 0.4) is 0 Å². The monoisotopic (exact) mass is 523 g/mol. The Morgan fingerprint density at radius 3 is 3.00 bits per heavy atom. The van der Waals surface area contributed by atoms with Gasteiger partial charge in [0.05, 0.1) is 22.8 Å². The van der Waals surface area contributed by atoms with Crippen LogP contribution in [0.1, 0.15) is 61.2 Å². The molecule has 2 atom stereocenters. The smallest absolute Gasteiger partial charge is 0.277 e. The molecule has 11 heteroatoms. The Labute approximate surface area is 222 Å². The average molecular weight is 524 g/mol. The van der Waals surface area contributed by atoms with Crippen molar-refractivity contribution in [2.75, 3.05) is 26.6 Å². The van der Waals surface area contributed by atoms with E-state index in [-0.39, 0.29) is 52.3 Å². The van der Waals surface area contributed by atoms with Crippen molar-refractivity contribution >= 4 is 21.1 Å². The summed E-state index contributed by atoms with van der Waals surface area (Å²) in [6, 6.07) is 3.58. The minimum atomic E-state index is -4.25. The average Bonchev–Trinajstić information content (AvgIpc) is 3.49. The highest BCUT2D eigenvalue weighted by atomic mass is 32.2. The number of aryl methyl sites for hydroxylation is 2. The molecule has 2 aromatic heterocycles. The molecule has 2 N–H and O–H groups in total. The molecule has 0 saturated carbocycles. The maximum absolute atomic E-state index is 13.4. The van der Waals surface area contributed by atoms with Crippen LogP contribution in [0.5, 0.6) is 5.75 Å². The number of nitrogens with one attached hydrogen (secondary N) is 2. The second-order valence-corrected chi connectivity index (χ2v) is 10.5. The lowest BCUT2D eigenvalue weighted by Gasteiger charge is -2.19. The lowest BCUT2D eigenvalue weighted by Crippen LogP contribution is -2.31. The van der Waals surface area contributed by atoms with Crippen LogP contribution in [-0.4, -0.2) is 65.8 Å². The second kappa shape index (κ2) is 11.1. The first-order valence-electron chi connectivity index (χ1n) is 15.5. The molecule has 2 unspecified atom stereocenters. The van der Waals surface area contributed by atoms with Crippen LogP contribution in [0.2, 0.25) is 0 Å². The van der Waals surface area contributed by atoms with E-state index in [9.17, 15) is 13.2 Å². The molecule has 1 fully saturated rings. The van der Waals surface area contributed by atoms with Crippen molar-refractivity contribution in [3.05, 3.63) is 34.2 Å². The van der Waals surface area contributed by atoms with E-state index in [1.54, 1.807) is 7.05 Å². The van der Waals surface area contributed by atoms with Gasteiger partial charge < -0.3 is 14.6 Å². The Bertz CT molecular complexity index is 1620. The molecule has 10 nitrogen and oxygen atoms in total. The zero-order chi connectivity index (χ0) is 31.7. The van der Waals surface area contributed by atoms with Crippen LogP contribution in [0, 0.1) is 0 Å². The third kappa shape index (κ3) is 5.47. The fraction of sp³-hybridized carbons (Fsp3) is 0.560. The highest BCUT2D eigenvalue weighted by Crippen LogP contribution is 2.31. The Morgan fingerprint density at radius 1 is 1.36 bits per heavy atom. The van der Waals surface area contributed by atoms with Gasteiger partial charge in [-0.05, 0) is 63.8 Å². The molecular weight excluding hydrogens is 480 g/mol. The number of hydrogen-bond donors (Lipinski definition) is 2. The Kier molecular flexibility index (Phi) is 5.70. The predicted octanol–water partition coefficient (Wildman–Crippen LogP) is 2.83. The van der Waals surface area contributed by atoms with Gasteiger partial charge in [-0.3, -0.25) is 9.48 Å². The molecule has 0 bridgehead atoms. The highest BCUT2D eigenvalue weighted by Gasteiger charge is 2.23. The number of aromatic amines is 1. The van der Waals surface area contributed by atoms with E-state index in [1.807, 2.05) is 6.92 Å². The first-order valence-corrected chi connectivity index (χ1v) is 13.4. The number of rotatable bonds is 11. The van der Waals surface area contributed by atoms with E-state index < -0.39 is 42.0 Å². The van der Waals surface area contributed by atoms with Crippen molar-refractivity contribution in [3.8, 4) is 17.1 Å². The van der Waals surface area contributed by atoms with E-state index in [2.05, 4.69) is 19.8 Å². The molecule has 4 rings (SSSR count). The normalized spacial score (nSPS) is 21.2. The fourth-order valence-electron chi connectivity index (χ4n) is 4.30. The van der Waals surface area contributed by atoms with Crippen LogP contribution in [-0.2, 0) is 23.5 Å². The van der Waals surface area contributed by atoms with Crippen molar-refractivity contribution in [1.82, 2.24) is 29.4 Å². The first kappa shape index (κ1) is 18.5. The quantitative estimate of drug-likeness (QED) is 0.396. The summed E-state index contributed by atoms with van der Waals surface area (Å²) in [5, 5.41) is 4.30. The standard InChI is InChI=1S/C25H36N6O4S/c1-5-8-20-22-23(31(4)29-20)25(32)28-24(27-22)19-16-18(10-11-21(19)35-15-6-2)36(33,34)26-13-12-17-9-7-14-30(17)3/h10-11,16-17,26H,5-9,12-15H2,1-4H3,(H,27,28,32)/i1D3,3D3,13D. The van der Waals surface area contributed by atoms with Crippen molar-refractivity contribution < 1.29 is 22.7 Å². The van der Waals surface area contributed by atoms with Gasteiger partial charge in [0.2, 0.25) is 10.0 Å². The maximum Gasteiger partial charge on any atom is 0.277 e. The summed E-state index contributed by atoms with van der Waals surface area (Å²) < 4.78 is 90.3. The van der Waals surface area contributed by atoms with E-state index in [0.717, 1.165) is 0 Å². The maximum atomic E-state index is 13.4. The molecule has 1 aliphatic heterocycles. The number of ether oxygens (including phenoxy) is 1. The molecule has 1 saturated heterocycles. The molecule has 3 heterocycles. The summed E-state index contributed by atoms with van der Waals surface area (Å²) in [7, 11) is -2.71. The van der Waals surface area contributed by atoms with E-state index in [0.29, 0.717) is 38.1 Å². The number of H-pyrrole nitrogens is 1. The minimum Gasteiger partial charge on any atom is -0.493 e. The van der Waals surface area contributed by atoms with Crippen LogP contribution >= 0.6 is 0 Å². The largest absolute Gasteiger partial charge is 0.493 e. The van der Waals surface area contributed by atoms with Gasteiger partial charge in [-0.25, -0.2) is 18.1 Å². The fourth-order valence-corrected chi connectivity index (χ4v) is 5.27. The molecule has 0 aliphatic carbocycles. The lowest BCUT2D eigenvalue weighted by molar-refractivity contribution is 0.297. The molecule has 0 radical (unpaired) electrons. The van der Waals surface area contributed by atoms with Crippen LogP contribution in [0.25, 0.3) is 22.4 Å². The first-order chi connectivity index (χ1) is 20.0. The predicted molar refractivity (Wildman–Crippen MR) is 140 cm³/mol. The lowest BCUT2D eigenvalue weighted by atomic mass is 10.1. The van der Waals surface area contributed by atoms with Gasteiger partial charge in [0.15, 0.2) is 5.52 Å². The van der Waals surface area contributed by atoms with Crippen LogP contribution in [0.15, 0.2) is 27.9 Å². The zero-order valence-electron chi connectivity index (χ0n) is 27.4. The molecule has 196 valence electrons. The summed E-state index contributed by atoms with van der Waals surface area (Å²) in [6.45, 7) is -3.28. The molecule has 1 aromatic carbocycles. The summed E-state index contributed by atoms with van der Waals surface area (Å²) in [5.74, 6) is 0.267. The summed E-state index contributed by atoms with van der Waals surface area (Å²) in [5.41, 5.74) is 0.273. The van der Waals surface area contributed by atoms with Crippen LogP contribution in [0.4, 0.5) is 0 Å². The van der Waals surface area contributed by atoms with E-state index >= 15 is 0 Å². The zero-order valence-corrected chi connectivity index (χ0v) is 21.2. The molecule has 1 aliphatic rings. The Hall–Kier alpha value is -2.76. The summed E-state index contributed by atoms with van der Waals surface area (Å²) in [6.07, 6.45) is 1.72. The number of aromatic nitrogens is 4. The molecular formula is C25H36N6O4S. The number of fused-ring (bicyclic) bond motifs is 1. The van der Waals surface area contributed by atoms with Crippen molar-refractivity contribution in [3.63, 3.8) is 0 Å². The van der Waals surface area contributed by atoms with Gasteiger partial charge in [-0.15, -0.1) is 0 Å². The number of benzene rings is 1. The number of sulfonamides is 1. The van der Waals surface area contributed by atoms with Gasteiger partial charge in [0.1, 0.15) is 17.1 Å². The SMILES string of the molecule is [2H]C(CC1CCCN1C([2H])([2H])[2H])NS(=O)(=O)c1ccc(OCCC)c(-c2nc3c(CCC([2H])([2H])[2H])nn(C)c3c(=O)[nH]2)c1. The molecule has 0 amide bonds. The van der Waals surface area contributed by atoms with Gasteiger partial charge in [0.25, 0.3) is 5.56 Å². The third-order valence-electron chi connectivity index (χ3n) is 6.11. The molecule has 0 spiro atoms. The van der Waals surface area contributed by atoms with Gasteiger partial charge in [-0.2, -0.15) is 5.10 Å². The number of likely N-dealkylation sites (tertiary alicyclic amines) is 1. The molecule has 3 aromatic rings. The van der Waals surface area contributed by atoms with E-state index in [4.69, 9.17) is 14.3 Å². The summed E-state index contributed by atoms with van der Waals surface area (Å²) >= 11 is 0. The topological polar surface area (TPSA) is 122 Å². The van der Waals surface area contributed by atoms with Gasteiger partial charge in [0, 0.05) is 29.2 Å². The van der Waals surface area contributed by atoms with Crippen LogP contribution < -0.4 is 15.0 Å². The Balaban J connectivity index is 1.69. The molecule has 36 heavy (non-hydrogen) atoms. The van der Waals surface area contributed by atoms with Crippen molar-refractivity contribution in [2.45, 2.75) is 63.2 Å². The summed E-state index contributed by atoms with van der Waals surface area (Å²) in [4.78, 5) is 21.5. The van der Waals surface area contributed by atoms with Gasteiger partial charge >= 0.3 is 0 Å². The van der Waals surface area contributed by atoms with Crippen molar-refractivity contribution in [2.24, 2.45) is 7.05 Å². The number of nitrogens with zero attached hydrogens (tertiary/aromatic N) is 4.